The van der Waals surface area contributed by atoms with Gasteiger partial charge in [-0.25, -0.2) is 14.6 Å². The number of amides is 1. The van der Waals surface area contributed by atoms with Gasteiger partial charge in [-0.15, -0.1) is 0 Å². The number of anilines is 1. The Kier molecular flexibility index (Phi) is 4.43. The van der Waals surface area contributed by atoms with E-state index in [-0.39, 0.29) is 11.6 Å². The zero-order chi connectivity index (χ0) is 18.0. The van der Waals surface area contributed by atoms with Crippen molar-refractivity contribution in [2.45, 2.75) is 32.0 Å². The number of aryl methyl sites for hydroxylation is 1. The maximum Gasteiger partial charge on any atom is 0.397 e. The molecule has 0 aromatic carbocycles. The van der Waals surface area contributed by atoms with Gasteiger partial charge in [-0.2, -0.15) is 18.3 Å². The molecule has 1 unspecified atom stereocenters. The topological polar surface area (TPSA) is 81.9 Å². The summed E-state index contributed by atoms with van der Waals surface area (Å²) in [4.78, 5) is 20.0. The first kappa shape index (κ1) is 16.9. The van der Waals surface area contributed by atoms with Crippen LogP contribution in [0.15, 0.2) is 30.7 Å². The molecule has 1 aliphatic heterocycles. The molecule has 0 fully saturated rings. The molecule has 25 heavy (non-hydrogen) atoms. The molecule has 1 atom stereocenters. The van der Waals surface area contributed by atoms with E-state index >= 15 is 0 Å². The lowest BCUT2D eigenvalue weighted by Crippen LogP contribution is -2.22. The number of carbonyl (C=O) groups excluding carboxylic acids is 1. The predicted octanol–water partition coefficient (Wildman–Crippen LogP) is 2.84. The van der Waals surface area contributed by atoms with E-state index in [1.807, 2.05) is 0 Å². The Labute approximate surface area is 140 Å². The molecule has 7 nitrogen and oxygen atoms in total. The molecule has 0 spiro atoms. The fourth-order valence-corrected chi connectivity index (χ4v) is 2.24. The summed E-state index contributed by atoms with van der Waals surface area (Å²) < 4.78 is 43.8. The summed E-state index contributed by atoms with van der Waals surface area (Å²) in [5.41, 5.74) is 0.738. The number of alkyl halides is 3. The molecule has 0 aliphatic carbocycles. The van der Waals surface area contributed by atoms with Gasteiger partial charge in [0.1, 0.15) is 12.2 Å². The average Bonchev–Trinajstić information content (AvgIpc) is 3.16. The largest absolute Gasteiger partial charge is 0.490 e. The first-order chi connectivity index (χ1) is 11.8. The molecule has 3 heterocycles. The Bertz CT molecular complexity index is 808. The third-order valence-corrected chi connectivity index (χ3v) is 3.29. The van der Waals surface area contributed by atoms with Crippen LogP contribution in [0, 0.1) is 6.92 Å². The number of hydrogen-bond acceptors (Lipinski definition) is 5. The van der Waals surface area contributed by atoms with E-state index in [1.165, 1.54) is 17.0 Å². The van der Waals surface area contributed by atoms with Gasteiger partial charge in [-0.05, 0) is 19.1 Å². The van der Waals surface area contributed by atoms with Crippen LogP contribution in [-0.4, -0.2) is 31.8 Å². The third kappa shape index (κ3) is 4.34. The lowest BCUT2D eigenvalue weighted by atomic mass is 10.2. The number of halogens is 3. The number of ether oxygens (including phenoxy) is 1. The Balaban J connectivity index is 1.90. The molecule has 1 amide bonds. The standard InChI is InChI=1S/C15H14F3N5O2/c1-9-4-5-23(22-9)12-7-11(19-13(24)8-15(16,17)18)20-14(21-12)10-3-2-6-25-10/h2,4-7,10H,3,8H2,1H3,(H,19,20,21,24). The molecule has 1 N–H and O–H groups in total. The number of nitrogens with zero attached hydrogens (tertiary/aromatic N) is 4. The zero-order valence-corrected chi connectivity index (χ0v) is 13.1. The van der Waals surface area contributed by atoms with Gasteiger partial charge in [0, 0.05) is 18.7 Å². The lowest BCUT2D eigenvalue weighted by molar-refractivity contribution is -0.150. The molecule has 0 bridgehead atoms. The van der Waals surface area contributed by atoms with Crippen molar-refractivity contribution in [1.82, 2.24) is 19.7 Å². The van der Waals surface area contributed by atoms with E-state index < -0.39 is 24.6 Å². The van der Waals surface area contributed by atoms with Gasteiger partial charge in [0.25, 0.3) is 0 Å². The second-order valence-corrected chi connectivity index (χ2v) is 5.44. The molecular formula is C15H14F3N5O2. The molecule has 132 valence electrons. The second kappa shape index (κ2) is 6.54. The highest BCUT2D eigenvalue weighted by Crippen LogP contribution is 2.26. The maximum absolute atomic E-state index is 12.3. The van der Waals surface area contributed by atoms with Crippen LogP contribution in [0.1, 0.15) is 30.5 Å². The molecule has 0 saturated carbocycles. The smallest absolute Gasteiger partial charge is 0.397 e. The van der Waals surface area contributed by atoms with Crippen LogP contribution in [0.25, 0.3) is 5.82 Å². The number of hydrogen-bond donors (Lipinski definition) is 1. The Hall–Kier alpha value is -2.91. The van der Waals surface area contributed by atoms with Crippen molar-refractivity contribution >= 4 is 11.7 Å². The van der Waals surface area contributed by atoms with Crippen molar-refractivity contribution in [3.05, 3.63) is 42.2 Å². The van der Waals surface area contributed by atoms with Gasteiger partial charge >= 0.3 is 6.18 Å². The van der Waals surface area contributed by atoms with Crippen LogP contribution in [0.2, 0.25) is 0 Å². The minimum absolute atomic E-state index is 0.0436. The van der Waals surface area contributed by atoms with Gasteiger partial charge in [-0.3, -0.25) is 4.79 Å². The summed E-state index contributed by atoms with van der Waals surface area (Å²) in [7, 11) is 0. The predicted molar refractivity (Wildman–Crippen MR) is 80.8 cm³/mol. The van der Waals surface area contributed by atoms with E-state index in [4.69, 9.17) is 4.74 Å². The summed E-state index contributed by atoms with van der Waals surface area (Å²) >= 11 is 0. The minimum Gasteiger partial charge on any atom is -0.490 e. The summed E-state index contributed by atoms with van der Waals surface area (Å²) in [5.74, 6) is -0.683. The molecule has 2 aromatic heterocycles. The highest BCUT2D eigenvalue weighted by molar-refractivity contribution is 5.90. The van der Waals surface area contributed by atoms with Crippen molar-refractivity contribution in [3.8, 4) is 5.82 Å². The first-order valence-electron chi connectivity index (χ1n) is 7.39. The Morgan fingerprint density at radius 3 is 2.84 bits per heavy atom. The first-order valence-corrected chi connectivity index (χ1v) is 7.39. The monoisotopic (exact) mass is 353 g/mol. The van der Waals surface area contributed by atoms with E-state index in [0.29, 0.717) is 12.2 Å². The van der Waals surface area contributed by atoms with E-state index in [2.05, 4.69) is 20.4 Å². The normalized spacial score (nSPS) is 16.7. The van der Waals surface area contributed by atoms with E-state index in [1.54, 1.807) is 25.3 Å². The molecule has 3 rings (SSSR count). The summed E-state index contributed by atoms with van der Waals surface area (Å²) in [6, 6.07) is 3.10. The van der Waals surface area contributed by atoms with Crippen LogP contribution in [-0.2, 0) is 9.53 Å². The van der Waals surface area contributed by atoms with Crippen LogP contribution in [0.4, 0.5) is 19.0 Å². The zero-order valence-electron chi connectivity index (χ0n) is 13.1. The number of nitrogens with one attached hydrogen (secondary N) is 1. The molecule has 1 aliphatic rings. The molecular weight excluding hydrogens is 339 g/mol. The van der Waals surface area contributed by atoms with Crippen LogP contribution in [0.5, 0.6) is 0 Å². The lowest BCUT2D eigenvalue weighted by Gasteiger charge is -2.13. The fraction of sp³-hybridized carbons (Fsp3) is 0.333. The second-order valence-electron chi connectivity index (χ2n) is 5.44. The summed E-state index contributed by atoms with van der Waals surface area (Å²) in [6.07, 6.45) is -1.20. The molecule has 0 saturated heterocycles. The highest BCUT2D eigenvalue weighted by atomic mass is 19.4. The Morgan fingerprint density at radius 1 is 1.44 bits per heavy atom. The van der Waals surface area contributed by atoms with Crippen molar-refractivity contribution < 1.29 is 22.7 Å². The fourth-order valence-electron chi connectivity index (χ4n) is 2.24. The number of rotatable bonds is 4. The maximum atomic E-state index is 12.3. The molecule has 10 heteroatoms. The average molecular weight is 353 g/mol. The summed E-state index contributed by atoms with van der Waals surface area (Å²) in [5, 5.41) is 6.36. The van der Waals surface area contributed by atoms with Crippen LogP contribution < -0.4 is 5.32 Å². The van der Waals surface area contributed by atoms with Crippen LogP contribution in [0.3, 0.4) is 0 Å². The molecule has 2 aromatic rings. The van der Waals surface area contributed by atoms with E-state index in [0.717, 1.165) is 5.69 Å². The highest BCUT2D eigenvalue weighted by Gasteiger charge is 2.31. The van der Waals surface area contributed by atoms with Gasteiger partial charge in [0.2, 0.25) is 5.91 Å². The third-order valence-electron chi connectivity index (χ3n) is 3.29. The van der Waals surface area contributed by atoms with Gasteiger partial charge < -0.3 is 10.1 Å². The quantitative estimate of drug-likeness (QED) is 0.914. The van der Waals surface area contributed by atoms with Crippen LogP contribution >= 0.6 is 0 Å². The van der Waals surface area contributed by atoms with Crippen molar-refractivity contribution in [3.63, 3.8) is 0 Å². The number of carbonyl (C=O) groups is 1. The summed E-state index contributed by atoms with van der Waals surface area (Å²) in [6.45, 7) is 1.79. The number of aromatic nitrogens is 4. The van der Waals surface area contributed by atoms with Crippen molar-refractivity contribution in [1.29, 1.82) is 0 Å². The molecule has 0 radical (unpaired) electrons. The van der Waals surface area contributed by atoms with Gasteiger partial charge in [0.15, 0.2) is 17.7 Å². The van der Waals surface area contributed by atoms with Crippen molar-refractivity contribution in [2.24, 2.45) is 0 Å². The van der Waals surface area contributed by atoms with Gasteiger partial charge in [0.05, 0.1) is 12.0 Å². The van der Waals surface area contributed by atoms with E-state index in [9.17, 15) is 18.0 Å². The Morgan fingerprint density at radius 2 is 2.24 bits per heavy atom. The van der Waals surface area contributed by atoms with Gasteiger partial charge in [-0.1, -0.05) is 0 Å². The minimum atomic E-state index is -4.60. The van der Waals surface area contributed by atoms with Crippen molar-refractivity contribution in [2.75, 3.05) is 5.32 Å². The SMILES string of the molecule is Cc1ccn(-c2cc(NC(=O)CC(F)(F)F)nc(C3CC=CO3)n2)n1.